The van der Waals surface area contributed by atoms with Crippen LogP contribution >= 0.6 is 11.5 Å². The standard InChI is InChI=1S/C11H9N5OS/c1-7-10(18-15-14-7)11(17)13-8-3-5-16-9(6-8)2-4-12-16/h2-6H,1H3,(H,13,17). The third-order valence-electron chi connectivity index (χ3n) is 2.52. The van der Waals surface area contributed by atoms with Gasteiger partial charge < -0.3 is 5.32 Å². The highest BCUT2D eigenvalue weighted by molar-refractivity contribution is 7.08. The first kappa shape index (κ1) is 10.8. The van der Waals surface area contributed by atoms with Gasteiger partial charge in [0.1, 0.15) is 4.88 Å². The largest absolute Gasteiger partial charge is 0.321 e. The van der Waals surface area contributed by atoms with Gasteiger partial charge in [0.05, 0.1) is 11.2 Å². The molecular weight excluding hydrogens is 250 g/mol. The van der Waals surface area contributed by atoms with E-state index in [-0.39, 0.29) is 5.91 Å². The monoisotopic (exact) mass is 259 g/mol. The quantitative estimate of drug-likeness (QED) is 0.761. The number of nitrogens with one attached hydrogen (secondary N) is 1. The molecule has 3 aromatic rings. The van der Waals surface area contributed by atoms with Crippen LogP contribution in [-0.4, -0.2) is 25.1 Å². The number of aromatic nitrogens is 4. The lowest BCUT2D eigenvalue weighted by atomic mass is 10.3. The maximum Gasteiger partial charge on any atom is 0.269 e. The summed E-state index contributed by atoms with van der Waals surface area (Å²) in [5, 5.41) is 10.7. The van der Waals surface area contributed by atoms with E-state index in [1.165, 1.54) is 0 Å². The van der Waals surface area contributed by atoms with E-state index in [2.05, 4.69) is 20.0 Å². The van der Waals surface area contributed by atoms with Gasteiger partial charge in [-0.25, -0.2) is 4.52 Å². The van der Waals surface area contributed by atoms with Crippen LogP contribution in [0.25, 0.3) is 5.52 Å². The molecule has 90 valence electrons. The maximum absolute atomic E-state index is 12.0. The van der Waals surface area contributed by atoms with Gasteiger partial charge in [0, 0.05) is 18.1 Å². The molecule has 0 saturated heterocycles. The number of pyridine rings is 1. The fraction of sp³-hybridized carbons (Fsp3) is 0.0909. The van der Waals surface area contributed by atoms with Crippen LogP contribution in [0.3, 0.4) is 0 Å². The molecule has 7 heteroatoms. The molecule has 0 fully saturated rings. The average molecular weight is 259 g/mol. The Balaban J connectivity index is 1.88. The number of hydrogen-bond donors (Lipinski definition) is 1. The molecule has 6 nitrogen and oxygen atoms in total. The number of fused-ring (bicyclic) bond motifs is 1. The van der Waals surface area contributed by atoms with Gasteiger partial charge in [0.2, 0.25) is 0 Å². The molecule has 0 aliphatic rings. The third kappa shape index (κ3) is 1.84. The molecule has 18 heavy (non-hydrogen) atoms. The molecule has 3 heterocycles. The third-order valence-corrected chi connectivity index (χ3v) is 3.34. The first-order valence-corrected chi connectivity index (χ1v) is 6.05. The number of carbonyl (C=O) groups excluding carboxylic acids is 1. The first-order chi connectivity index (χ1) is 8.74. The summed E-state index contributed by atoms with van der Waals surface area (Å²) >= 11 is 1.09. The molecule has 1 amide bonds. The van der Waals surface area contributed by atoms with Gasteiger partial charge in [-0.3, -0.25) is 4.79 Å². The van der Waals surface area contributed by atoms with Gasteiger partial charge in [-0.05, 0) is 36.7 Å². The Hall–Kier alpha value is -2.28. The van der Waals surface area contributed by atoms with Gasteiger partial charge in [0.25, 0.3) is 5.91 Å². The van der Waals surface area contributed by atoms with Crippen molar-refractivity contribution in [1.29, 1.82) is 0 Å². The number of anilines is 1. The van der Waals surface area contributed by atoms with Crippen molar-refractivity contribution < 1.29 is 4.79 Å². The fourth-order valence-corrected chi connectivity index (χ4v) is 2.18. The highest BCUT2D eigenvalue weighted by atomic mass is 32.1. The lowest BCUT2D eigenvalue weighted by Gasteiger charge is -2.03. The van der Waals surface area contributed by atoms with Crippen LogP contribution in [0.1, 0.15) is 15.4 Å². The van der Waals surface area contributed by atoms with Crippen LogP contribution in [0.15, 0.2) is 30.6 Å². The molecule has 3 aromatic heterocycles. The summed E-state index contributed by atoms with van der Waals surface area (Å²) in [4.78, 5) is 12.5. The van der Waals surface area contributed by atoms with Crippen molar-refractivity contribution >= 4 is 28.6 Å². The molecule has 0 aliphatic carbocycles. The van der Waals surface area contributed by atoms with Crippen molar-refractivity contribution in [2.24, 2.45) is 0 Å². The summed E-state index contributed by atoms with van der Waals surface area (Å²) in [6.07, 6.45) is 3.50. The lowest BCUT2D eigenvalue weighted by Crippen LogP contribution is -2.11. The average Bonchev–Trinajstić information content (AvgIpc) is 2.96. The zero-order chi connectivity index (χ0) is 12.5. The van der Waals surface area contributed by atoms with Crippen molar-refractivity contribution in [3.8, 4) is 0 Å². The van der Waals surface area contributed by atoms with Crippen molar-refractivity contribution in [2.45, 2.75) is 6.92 Å². The second kappa shape index (κ2) is 4.19. The van der Waals surface area contributed by atoms with E-state index in [9.17, 15) is 4.79 Å². The van der Waals surface area contributed by atoms with Crippen LogP contribution in [0, 0.1) is 6.92 Å². The number of aryl methyl sites for hydroxylation is 1. The smallest absolute Gasteiger partial charge is 0.269 e. The number of hydrogen-bond acceptors (Lipinski definition) is 5. The summed E-state index contributed by atoms with van der Waals surface area (Å²) in [6.45, 7) is 1.76. The predicted octanol–water partition coefficient (Wildman–Crippen LogP) is 1.75. The summed E-state index contributed by atoms with van der Waals surface area (Å²) in [5.41, 5.74) is 2.29. The van der Waals surface area contributed by atoms with E-state index in [4.69, 9.17) is 0 Å². The minimum atomic E-state index is -0.189. The van der Waals surface area contributed by atoms with Gasteiger partial charge in [-0.1, -0.05) is 4.49 Å². The number of nitrogens with zero attached hydrogens (tertiary/aromatic N) is 4. The Labute approximate surface area is 106 Å². The summed E-state index contributed by atoms with van der Waals surface area (Å²) in [7, 11) is 0. The topological polar surface area (TPSA) is 72.2 Å². The van der Waals surface area contributed by atoms with Crippen molar-refractivity contribution in [2.75, 3.05) is 5.32 Å². The second-order valence-corrected chi connectivity index (χ2v) is 4.51. The number of amides is 1. The zero-order valence-corrected chi connectivity index (χ0v) is 10.3. The Kier molecular flexibility index (Phi) is 2.52. The maximum atomic E-state index is 12.0. The van der Waals surface area contributed by atoms with Crippen molar-refractivity contribution in [1.82, 2.24) is 19.2 Å². The van der Waals surface area contributed by atoms with Crippen molar-refractivity contribution in [3.63, 3.8) is 0 Å². The lowest BCUT2D eigenvalue weighted by molar-refractivity contribution is 0.103. The van der Waals surface area contributed by atoms with Crippen LogP contribution in [0.5, 0.6) is 0 Å². The van der Waals surface area contributed by atoms with E-state index in [0.29, 0.717) is 10.6 Å². The summed E-state index contributed by atoms with van der Waals surface area (Å²) < 4.78 is 5.47. The van der Waals surface area contributed by atoms with Gasteiger partial charge in [0.15, 0.2) is 0 Å². The normalized spacial score (nSPS) is 10.7. The zero-order valence-electron chi connectivity index (χ0n) is 9.49. The van der Waals surface area contributed by atoms with Crippen molar-refractivity contribution in [3.05, 3.63) is 41.2 Å². The van der Waals surface area contributed by atoms with Gasteiger partial charge >= 0.3 is 0 Å². The Morgan fingerprint density at radius 3 is 3.11 bits per heavy atom. The van der Waals surface area contributed by atoms with Crippen LogP contribution in [0.4, 0.5) is 5.69 Å². The molecule has 0 radical (unpaired) electrons. The SMILES string of the molecule is Cc1nnsc1C(=O)Nc1ccn2nccc2c1. The van der Waals surface area contributed by atoms with E-state index < -0.39 is 0 Å². The molecule has 0 aromatic carbocycles. The molecule has 1 N–H and O–H groups in total. The van der Waals surface area contributed by atoms with E-state index in [1.807, 2.05) is 12.1 Å². The molecular formula is C11H9N5OS. The van der Waals surface area contributed by atoms with Crippen LogP contribution in [0.2, 0.25) is 0 Å². The Morgan fingerprint density at radius 1 is 1.44 bits per heavy atom. The molecule has 0 saturated carbocycles. The Bertz CT molecular complexity index is 717. The highest BCUT2D eigenvalue weighted by Gasteiger charge is 2.13. The molecule has 0 aliphatic heterocycles. The molecule has 3 rings (SSSR count). The predicted molar refractivity (Wildman–Crippen MR) is 67.8 cm³/mol. The van der Waals surface area contributed by atoms with E-state index in [1.54, 1.807) is 29.9 Å². The molecule has 0 unspecified atom stereocenters. The Morgan fingerprint density at radius 2 is 2.33 bits per heavy atom. The molecule has 0 bridgehead atoms. The van der Waals surface area contributed by atoms with Gasteiger partial charge in [-0.15, -0.1) is 5.10 Å². The molecule has 0 atom stereocenters. The van der Waals surface area contributed by atoms with Crippen LogP contribution in [-0.2, 0) is 0 Å². The first-order valence-electron chi connectivity index (χ1n) is 5.28. The summed E-state index contributed by atoms with van der Waals surface area (Å²) in [5.74, 6) is -0.189. The summed E-state index contributed by atoms with van der Waals surface area (Å²) in [6, 6.07) is 5.52. The fourth-order valence-electron chi connectivity index (χ4n) is 1.63. The number of carbonyl (C=O) groups is 1. The second-order valence-electron chi connectivity index (χ2n) is 3.76. The van der Waals surface area contributed by atoms with E-state index in [0.717, 1.165) is 22.7 Å². The minimum Gasteiger partial charge on any atom is -0.321 e. The minimum absolute atomic E-state index is 0.189. The highest BCUT2D eigenvalue weighted by Crippen LogP contribution is 2.15. The van der Waals surface area contributed by atoms with Gasteiger partial charge in [-0.2, -0.15) is 5.10 Å². The number of rotatable bonds is 2. The van der Waals surface area contributed by atoms with E-state index >= 15 is 0 Å². The van der Waals surface area contributed by atoms with Crippen LogP contribution < -0.4 is 5.32 Å². The molecule has 0 spiro atoms.